The minimum atomic E-state index is -0.400. The van der Waals surface area contributed by atoms with E-state index >= 15 is 0 Å². The second-order valence-corrected chi connectivity index (χ2v) is 7.59. The molecule has 3 aromatic carbocycles. The van der Waals surface area contributed by atoms with Crippen molar-refractivity contribution in [3.8, 4) is 11.5 Å². The van der Waals surface area contributed by atoms with E-state index in [-0.39, 0.29) is 18.2 Å². The predicted molar refractivity (Wildman–Crippen MR) is 124 cm³/mol. The third-order valence-corrected chi connectivity index (χ3v) is 5.16. The van der Waals surface area contributed by atoms with Crippen molar-refractivity contribution in [1.82, 2.24) is 5.32 Å². The number of rotatable bonds is 6. The maximum Gasteiger partial charge on any atom is 0.294 e. The number of para-hydroxylation sites is 2. The quantitative estimate of drug-likeness (QED) is 0.566. The molecule has 7 heteroatoms. The Kier molecular flexibility index (Phi) is 6.42. The van der Waals surface area contributed by atoms with Crippen LogP contribution in [0.15, 0.2) is 78.6 Å². The number of amides is 2. The summed E-state index contributed by atoms with van der Waals surface area (Å²) in [5.74, 6) is 0.683. The summed E-state index contributed by atoms with van der Waals surface area (Å²) >= 11 is 6.05. The Morgan fingerprint density at radius 3 is 2.62 bits per heavy atom. The van der Waals surface area contributed by atoms with Gasteiger partial charge in [0.15, 0.2) is 11.5 Å². The SMILES string of the molecule is COc1ccc(CNC(=O)CN2C(=O)/C(=C\c3cccc(Cl)c3)Oc3ccccc32)cc1. The number of halogens is 1. The smallest absolute Gasteiger partial charge is 0.294 e. The van der Waals surface area contributed by atoms with E-state index < -0.39 is 5.91 Å². The van der Waals surface area contributed by atoms with Gasteiger partial charge in [-0.2, -0.15) is 0 Å². The van der Waals surface area contributed by atoms with Crippen molar-refractivity contribution in [3.05, 3.63) is 94.7 Å². The van der Waals surface area contributed by atoms with Gasteiger partial charge >= 0.3 is 0 Å². The fraction of sp³-hybridized carbons (Fsp3) is 0.120. The van der Waals surface area contributed by atoms with E-state index in [0.717, 1.165) is 16.9 Å². The number of fused-ring (bicyclic) bond motifs is 1. The average Bonchev–Trinajstić information content (AvgIpc) is 2.81. The van der Waals surface area contributed by atoms with Gasteiger partial charge < -0.3 is 14.8 Å². The minimum absolute atomic E-state index is 0.119. The fourth-order valence-corrected chi connectivity index (χ4v) is 3.51. The highest BCUT2D eigenvalue weighted by Crippen LogP contribution is 2.35. The van der Waals surface area contributed by atoms with Gasteiger partial charge in [-0.3, -0.25) is 14.5 Å². The van der Waals surface area contributed by atoms with Gasteiger partial charge in [0.05, 0.1) is 12.8 Å². The third kappa shape index (κ3) is 4.92. The van der Waals surface area contributed by atoms with E-state index in [9.17, 15) is 9.59 Å². The number of benzene rings is 3. The Labute approximate surface area is 191 Å². The summed E-state index contributed by atoms with van der Waals surface area (Å²) < 4.78 is 11.0. The van der Waals surface area contributed by atoms with Crippen LogP contribution >= 0.6 is 11.6 Å². The van der Waals surface area contributed by atoms with Gasteiger partial charge in [-0.1, -0.05) is 48.0 Å². The first kappa shape index (κ1) is 21.5. The maximum absolute atomic E-state index is 13.2. The summed E-state index contributed by atoms with van der Waals surface area (Å²) in [7, 11) is 1.60. The molecule has 1 heterocycles. The Bertz CT molecular complexity index is 1170. The molecule has 0 bridgehead atoms. The van der Waals surface area contributed by atoms with Crippen LogP contribution in [-0.4, -0.2) is 25.5 Å². The van der Waals surface area contributed by atoms with E-state index in [0.29, 0.717) is 23.0 Å². The molecule has 0 aromatic heterocycles. The van der Waals surface area contributed by atoms with Crippen molar-refractivity contribution in [2.75, 3.05) is 18.6 Å². The number of carbonyl (C=O) groups is 2. The second kappa shape index (κ2) is 9.58. The zero-order chi connectivity index (χ0) is 22.5. The zero-order valence-corrected chi connectivity index (χ0v) is 18.1. The number of hydrogen-bond acceptors (Lipinski definition) is 4. The lowest BCUT2D eigenvalue weighted by Crippen LogP contribution is -2.44. The van der Waals surface area contributed by atoms with Gasteiger partial charge in [0.2, 0.25) is 5.91 Å². The lowest BCUT2D eigenvalue weighted by atomic mass is 10.1. The van der Waals surface area contributed by atoms with Crippen LogP contribution in [0.5, 0.6) is 11.5 Å². The number of carbonyl (C=O) groups excluding carboxylic acids is 2. The molecule has 1 aliphatic rings. The monoisotopic (exact) mass is 448 g/mol. The summed E-state index contributed by atoms with van der Waals surface area (Å²) in [6.07, 6.45) is 1.62. The highest BCUT2D eigenvalue weighted by Gasteiger charge is 2.31. The molecule has 0 aliphatic carbocycles. The van der Waals surface area contributed by atoms with E-state index in [2.05, 4.69) is 5.32 Å². The molecule has 0 unspecified atom stereocenters. The molecule has 0 fully saturated rings. The molecule has 0 saturated carbocycles. The fourth-order valence-electron chi connectivity index (χ4n) is 3.31. The molecule has 0 spiro atoms. The van der Waals surface area contributed by atoms with Gasteiger partial charge in [0.1, 0.15) is 12.3 Å². The van der Waals surface area contributed by atoms with Gasteiger partial charge in [-0.25, -0.2) is 0 Å². The first-order valence-electron chi connectivity index (χ1n) is 9.99. The first-order chi connectivity index (χ1) is 15.5. The number of ether oxygens (including phenoxy) is 2. The van der Waals surface area contributed by atoms with Gasteiger partial charge in [0, 0.05) is 11.6 Å². The molecule has 1 N–H and O–H groups in total. The Morgan fingerprint density at radius 1 is 1.09 bits per heavy atom. The molecule has 162 valence electrons. The highest BCUT2D eigenvalue weighted by atomic mass is 35.5. The van der Waals surface area contributed by atoms with Crippen LogP contribution in [0.3, 0.4) is 0 Å². The molecule has 6 nitrogen and oxygen atoms in total. The number of methoxy groups -OCH3 is 1. The van der Waals surface area contributed by atoms with Crippen LogP contribution in [0.1, 0.15) is 11.1 Å². The summed E-state index contributed by atoms with van der Waals surface area (Å²) in [6, 6.07) is 21.6. The van der Waals surface area contributed by atoms with Crippen LogP contribution < -0.4 is 19.7 Å². The number of nitrogens with zero attached hydrogens (tertiary/aromatic N) is 1. The van der Waals surface area contributed by atoms with Crippen molar-refractivity contribution in [3.63, 3.8) is 0 Å². The summed E-state index contributed by atoms with van der Waals surface area (Å²) in [5.41, 5.74) is 2.19. The van der Waals surface area contributed by atoms with Crippen LogP contribution in [0, 0.1) is 0 Å². The van der Waals surface area contributed by atoms with Crippen LogP contribution in [0.25, 0.3) is 6.08 Å². The molecule has 0 atom stereocenters. The van der Waals surface area contributed by atoms with E-state index in [1.807, 2.05) is 36.4 Å². The van der Waals surface area contributed by atoms with Crippen molar-refractivity contribution < 1.29 is 19.1 Å². The molecule has 0 radical (unpaired) electrons. The van der Waals surface area contributed by atoms with Crippen LogP contribution in [0.4, 0.5) is 5.69 Å². The van der Waals surface area contributed by atoms with E-state index in [4.69, 9.17) is 21.1 Å². The Hall–Kier alpha value is -3.77. The van der Waals surface area contributed by atoms with Gasteiger partial charge in [-0.15, -0.1) is 0 Å². The zero-order valence-electron chi connectivity index (χ0n) is 17.4. The molecule has 0 saturated heterocycles. The van der Waals surface area contributed by atoms with Crippen LogP contribution in [0.2, 0.25) is 5.02 Å². The normalized spacial score (nSPS) is 14.0. The standard InChI is InChI=1S/C25H21ClN2O4/c1-31-20-11-9-17(10-12-20)15-27-24(29)16-28-21-7-2-3-8-22(21)32-23(25(28)30)14-18-5-4-6-19(26)13-18/h2-14H,15-16H2,1H3,(H,27,29)/b23-14+. The number of nitrogens with one attached hydrogen (secondary N) is 1. The maximum atomic E-state index is 13.2. The second-order valence-electron chi connectivity index (χ2n) is 7.15. The lowest BCUT2D eigenvalue weighted by molar-refractivity contribution is -0.123. The third-order valence-electron chi connectivity index (χ3n) is 4.93. The predicted octanol–water partition coefficient (Wildman–Crippen LogP) is 4.43. The Morgan fingerprint density at radius 2 is 1.88 bits per heavy atom. The molecule has 4 rings (SSSR count). The van der Waals surface area contributed by atoms with E-state index in [1.165, 1.54) is 4.90 Å². The first-order valence-corrected chi connectivity index (χ1v) is 10.4. The van der Waals surface area contributed by atoms with Crippen molar-refractivity contribution in [2.24, 2.45) is 0 Å². The highest BCUT2D eigenvalue weighted by molar-refractivity contribution is 6.30. The summed E-state index contributed by atoms with van der Waals surface area (Å²) in [5, 5.41) is 3.41. The minimum Gasteiger partial charge on any atom is -0.497 e. The van der Waals surface area contributed by atoms with E-state index in [1.54, 1.807) is 49.6 Å². The van der Waals surface area contributed by atoms with Crippen molar-refractivity contribution in [2.45, 2.75) is 6.54 Å². The largest absolute Gasteiger partial charge is 0.497 e. The molecular weight excluding hydrogens is 428 g/mol. The molecule has 32 heavy (non-hydrogen) atoms. The summed E-state index contributed by atoms with van der Waals surface area (Å²) in [6.45, 7) is 0.205. The number of anilines is 1. The Balaban J connectivity index is 1.52. The number of hydrogen-bond donors (Lipinski definition) is 1. The molecular formula is C25H21ClN2O4. The average molecular weight is 449 g/mol. The van der Waals surface area contributed by atoms with Crippen molar-refractivity contribution >= 4 is 35.2 Å². The topological polar surface area (TPSA) is 67.9 Å². The van der Waals surface area contributed by atoms with Crippen LogP contribution in [-0.2, 0) is 16.1 Å². The summed E-state index contributed by atoms with van der Waals surface area (Å²) in [4.78, 5) is 27.2. The van der Waals surface area contributed by atoms with Gasteiger partial charge in [-0.05, 0) is 53.6 Å². The molecule has 1 aliphatic heterocycles. The van der Waals surface area contributed by atoms with Gasteiger partial charge in [0.25, 0.3) is 5.91 Å². The lowest BCUT2D eigenvalue weighted by Gasteiger charge is -2.30. The van der Waals surface area contributed by atoms with Crippen molar-refractivity contribution in [1.29, 1.82) is 0 Å². The molecule has 2 amide bonds. The molecule has 3 aromatic rings.